The molecule has 638 valence electrons. The second-order valence-corrected chi connectivity index (χ2v) is 30.8. The first kappa shape index (κ1) is 89.7. The zero-order valence-corrected chi connectivity index (χ0v) is 66.3. The summed E-state index contributed by atoms with van der Waals surface area (Å²) in [6.45, 7) is 13.2. The second-order valence-electron chi connectivity index (χ2n) is 30.8. The summed E-state index contributed by atoms with van der Waals surface area (Å²) in [6, 6.07) is 4.34. The highest BCUT2D eigenvalue weighted by Crippen LogP contribution is 2.48. The molecule has 0 saturated carbocycles. The Hall–Kier alpha value is -9.62. The Balaban J connectivity index is 0.000000343. The number of aromatic hydroxyl groups is 3. The molecule has 5 aromatic carbocycles. The van der Waals surface area contributed by atoms with Crippen molar-refractivity contribution in [2.24, 2.45) is 17.6 Å². The summed E-state index contributed by atoms with van der Waals surface area (Å²) >= 11 is 0. The summed E-state index contributed by atoms with van der Waals surface area (Å²) in [7, 11) is 4.59. The molecule has 7 amide bonds. The van der Waals surface area contributed by atoms with Crippen molar-refractivity contribution in [1.82, 2.24) is 36.8 Å². The van der Waals surface area contributed by atoms with Crippen molar-refractivity contribution in [3.63, 3.8) is 0 Å². The van der Waals surface area contributed by atoms with Gasteiger partial charge in [0, 0.05) is 35.3 Å². The van der Waals surface area contributed by atoms with Crippen LogP contribution in [0.1, 0.15) is 134 Å². The number of likely N-dealkylation sites (N-methyl/N-ethyl adjacent to an activating group) is 1. The molecule has 37 heteroatoms. The predicted molar refractivity (Wildman–Crippen MR) is 407 cm³/mol. The number of nitrogens with two attached hydrogens (primary N) is 1. The van der Waals surface area contributed by atoms with Crippen molar-refractivity contribution in [1.29, 1.82) is 0 Å². The minimum absolute atomic E-state index is 0.0176. The van der Waals surface area contributed by atoms with Crippen LogP contribution < -0.4 is 47.1 Å². The van der Waals surface area contributed by atoms with Crippen LogP contribution in [0.2, 0.25) is 0 Å². The van der Waals surface area contributed by atoms with Gasteiger partial charge in [-0.25, -0.2) is 0 Å². The molecule has 8 heterocycles. The van der Waals surface area contributed by atoms with Gasteiger partial charge < -0.3 is 142 Å². The quantitative estimate of drug-likeness (QED) is 0.0577. The van der Waals surface area contributed by atoms with Crippen LogP contribution in [-0.2, 0) is 66.8 Å². The van der Waals surface area contributed by atoms with Crippen LogP contribution in [0.3, 0.4) is 0 Å². The fourth-order valence-electron chi connectivity index (χ4n) is 14.9. The molecule has 0 aliphatic carbocycles. The standard InChI is InChI=1S/C59H66N8O15.C21H38O14/c1-24(2)16-37(67(8)9)55(76)65-49-52(73)31-11-14-40(25(3)17-31)81-42-20-33-21-43(28(42)6)82-41-15-12-32(18-26(41)4)53(74)50-59(80)62-46(29(7)68)35-22-39(70)27(5)51(72)45(35)34-19-30(10-13-38(34)69)47(56(77)66-50)64-57(78)48(33)63-54(75)36(23-44(60)71)61-58(49)79;1-4-8-12(25)11(24)7(2)19(31-8)34-17-10(6-23)33-21(16(29)14(17)27)35-18-9(5-22)32-20(30-3)15(28)13(18)26/h10-15,17-22,24,36-37,46-50,52-53,69-70,72-74H,16,23H2,1-9H3,(H2,60,71)(H,61,79)(H,62,80)(H,63,75)(H,64,78)(H,65,76)(H,66,77);7-29H,4-6H2,1-3H3/t36-,37+,46-,47+,48+,49+,50-,52+,53+;7-,8-,9-,10-,11-,12+,13-,14-,15-,16-,17-,18-,19+,20-,21+/m01/s1. The van der Waals surface area contributed by atoms with Crippen LogP contribution in [0.5, 0.6) is 40.2 Å². The van der Waals surface area contributed by atoms with E-state index in [1.807, 2.05) is 13.8 Å². The van der Waals surface area contributed by atoms with E-state index in [4.69, 9.17) is 43.6 Å². The highest BCUT2D eigenvalue weighted by atomic mass is 16.8. The normalized spacial score (nSPS) is 31.0. The molecule has 21 N–H and O–H groups in total. The van der Waals surface area contributed by atoms with Gasteiger partial charge in [0.15, 0.2) is 24.7 Å². The van der Waals surface area contributed by atoms with E-state index >= 15 is 9.59 Å². The molecule has 24 atom stereocenters. The van der Waals surface area contributed by atoms with Gasteiger partial charge in [-0.2, -0.15) is 0 Å². The molecular formula is C80H104N8O29. The second kappa shape index (κ2) is 37.5. The van der Waals surface area contributed by atoms with Gasteiger partial charge in [0.05, 0.1) is 37.9 Å². The van der Waals surface area contributed by atoms with Crippen LogP contribution in [0.4, 0.5) is 0 Å². The summed E-state index contributed by atoms with van der Waals surface area (Å²) in [6.07, 6.45) is -22.4. The van der Waals surface area contributed by atoms with Gasteiger partial charge in [0.1, 0.15) is 144 Å². The van der Waals surface area contributed by atoms with E-state index in [0.29, 0.717) is 29.5 Å². The monoisotopic (exact) mass is 1640 g/mol. The Morgan fingerprint density at radius 1 is 0.573 bits per heavy atom. The number of hydrogen-bond acceptors (Lipinski definition) is 30. The summed E-state index contributed by atoms with van der Waals surface area (Å²) in [5, 5.41) is 156. The van der Waals surface area contributed by atoms with Crippen molar-refractivity contribution in [2.45, 2.75) is 222 Å². The third kappa shape index (κ3) is 19.2. The molecule has 0 spiro atoms. The van der Waals surface area contributed by atoms with Gasteiger partial charge >= 0.3 is 0 Å². The van der Waals surface area contributed by atoms with Crippen LogP contribution in [0, 0.1) is 39.5 Å². The van der Waals surface area contributed by atoms with E-state index in [9.17, 15) is 95.2 Å². The van der Waals surface area contributed by atoms with Crippen molar-refractivity contribution in [2.75, 3.05) is 34.4 Å². The molecule has 5 aromatic rings. The van der Waals surface area contributed by atoms with Gasteiger partial charge in [0.2, 0.25) is 41.4 Å². The van der Waals surface area contributed by atoms with Crippen LogP contribution in [-0.4, -0.2) is 263 Å². The number of hydrogen-bond donors (Lipinski definition) is 20. The number of aliphatic hydroxyl groups is 10. The van der Waals surface area contributed by atoms with Crippen LogP contribution in [0.15, 0.2) is 72.8 Å². The average Bonchev–Trinajstić information content (AvgIpc) is 0.764. The van der Waals surface area contributed by atoms with Gasteiger partial charge in [-0.1, -0.05) is 45.9 Å². The molecule has 8 aliphatic heterocycles. The first-order valence-corrected chi connectivity index (χ1v) is 38.1. The number of aliphatic hydroxyl groups excluding tert-OH is 10. The van der Waals surface area contributed by atoms with Crippen molar-refractivity contribution in [3.8, 4) is 51.4 Å². The number of rotatable bonds is 16. The number of primary amides is 1. The summed E-state index contributed by atoms with van der Waals surface area (Å²) < 4.78 is 46.2. The molecule has 3 fully saturated rings. The Morgan fingerprint density at radius 3 is 1.64 bits per heavy atom. The van der Waals surface area contributed by atoms with Gasteiger partial charge in [-0.3, -0.25) is 43.3 Å². The van der Waals surface area contributed by atoms with Crippen molar-refractivity contribution in [3.05, 3.63) is 123 Å². The summed E-state index contributed by atoms with van der Waals surface area (Å²) in [5.74, 6) is -10.2. The van der Waals surface area contributed by atoms with Crippen molar-refractivity contribution < 1.29 is 143 Å². The summed E-state index contributed by atoms with van der Waals surface area (Å²) in [4.78, 5) is 117. The first-order chi connectivity index (χ1) is 55.2. The highest BCUT2D eigenvalue weighted by Gasteiger charge is 2.54. The van der Waals surface area contributed by atoms with E-state index < -0.39 is 230 Å². The van der Waals surface area contributed by atoms with E-state index in [-0.39, 0.29) is 73.4 Å². The maximum Gasteiger partial charge on any atom is 0.248 e. The lowest BCUT2D eigenvalue weighted by atomic mass is 9.87. The number of nitrogens with zero attached hydrogens (tertiary/aromatic N) is 1. The van der Waals surface area contributed by atoms with Crippen LogP contribution in [0.25, 0.3) is 11.1 Å². The lowest BCUT2D eigenvalue weighted by molar-refractivity contribution is -0.374. The fraction of sp³-hybridized carbons (Fsp3) is 0.525. The molecule has 0 aromatic heterocycles. The number of aryl methyl sites for hydroxylation is 2. The van der Waals surface area contributed by atoms with Gasteiger partial charge in [0.25, 0.3) is 0 Å². The molecule has 37 nitrogen and oxygen atoms in total. The minimum atomic E-state index is -1.97. The number of carbonyl (C=O) groups is 8. The Labute approximate surface area is 672 Å². The Bertz CT molecular complexity index is 4510. The van der Waals surface area contributed by atoms with E-state index in [2.05, 4.69) is 31.9 Å². The number of nitrogens with one attached hydrogen (secondary N) is 6. The lowest BCUT2D eigenvalue weighted by Crippen LogP contribution is -2.66. The smallest absolute Gasteiger partial charge is 0.248 e. The number of benzene rings is 5. The fourth-order valence-corrected chi connectivity index (χ4v) is 14.9. The number of phenolic OH excluding ortho intramolecular Hbond substituents is 3. The van der Waals surface area contributed by atoms with E-state index in [1.54, 1.807) is 53.6 Å². The molecule has 13 rings (SSSR count). The highest BCUT2D eigenvalue weighted by molar-refractivity contribution is 6.01. The van der Waals surface area contributed by atoms with Crippen LogP contribution >= 0.6 is 0 Å². The largest absolute Gasteiger partial charge is 0.508 e. The lowest BCUT2D eigenvalue weighted by Gasteiger charge is -2.48. The molecule has 0 unspecified atom stereocenters. The molecule has 11 bridgehead atoms. The summed E-state index contributed by atoms with van der Waals surface area (Å²) in [5.41, 5.74) is 6.06. The number of amides is 7. The third-order valence-electron chi connectivity index (χ3n) is 21.8. The maximum absolute atomic E-state index is 15.6. The topological polar surface area (TPSA) is 575 Å². The SMILES string of the molecule is CC(=O)[C@@H]1NC(=O)[C@H]2NC(=O)[C@H](NC(=O)[C@@H]3NC(=O)[C@H](CC(N)=O)NC(=O)[C@H](NC(=O)[C@@H](CC(C)C)N(C)C)[C@H](O)c4ccc(c(C)c4)Oc4cc3cc(c4C)Oc3ccc(cc3C)[C@H]2O)c2ccc(O)c(c2)-c2c1cc(O)c(C)c2O.CC[C@H]1O[C@@H](O[C@H]2[C@H](O)[C@@H](O)[C@H](O[C@H]3[C@H](O)[C@@H](O)[C@H](OC)O[C@@H]3CO)O[C@@H]2CO)[C@H](C)[C@@H](O)[C@H]1O. The van der Waals surface area contributed by atoms with E-state index in [1.165, 1.54) is 74.7 Å². The number of fused-ring (bicyclic) bond motifs is 15. The number of methoxy groups -OCH3 is 1. The molecular weight excluding hydrogens is 1540 g/mol. The number of ether oxygens (including phenoxy) is 8. The molecule has 0 radical (unpaired) electrons. The van der Waals surface area contributed by atoms with Crippen molar-refractivity contribution >= 4 is 47.1 Å². The number of carbonyl (C=O) groups excluding carboxylic acids is 8. The Morgan fingerprint density at radius 2 is 1.10 bits per heavy atom. The molecule has 117 heavy (non-hydrogen) atoms. The van der Waals surface area contributed by atoms with E-state index in [0.717, 1.165) is 19.1 Å². The van der Waals surface area contributed by atoms with Gasteiger partial charge in [-0.05, 0) is 161 Å². The minimum Gasteiger partial charge on any atom is -0.508 e. The zero-order chi connectivity index (χ0) is 85.9. The third-order valence-corrected chi connectivity index (χ3v) is 21.8. The number of ketones is 1. The molecule has 8 aliphatic rings. The zero-order valence-electron chi connectivity index (χ0n) is 66.3. The first-order valence-electron chi connectivity index (χ1n) is 38.1. The Kier molecular flexibility index (Phi) is 28.8. The number of Topliss-reactive ketones (excluding diaryl/α,β-unsaturated/α-hetero) is 1. The molecule has 3 saturated heterocycles. The maximum atomic E-state index is 15.6. The average molecular weight is 1640 g/mol. The number of phenols is 3. The van der Waals surface area contributed by atoms with Gasteiger partial charge in [-0.15, -0.1) is 0 Å². The predicted octanol–water partition coefficient (Wildman–Crippen LogP) is -0.763.